The van der Waals surface area contributed by atoms with Crippen molar-refractivity contribution >= 4 is 80.7 Å². The van der Waals surface area contributed by atoms with Crippen molar-refractivity contribution in [1.29, 1.82) is 0 Å². The second kappa shape index (κ2) is 8.05. The largest absolute Gasteiger partial charge is 0.424 e. The summed E-state index contributed by atoms with van der Waals surface area (Å²) in [5.74, 6) is -0.267. The van der Waals surface area contributed by atoms with Crippen molar-refractivity contribution in [3.63, 3.8) is 0 Å². The Labute approximate surface area is 181 Å². The van der Waals surface area contributed by atoms with Crippen LogP contribution in [0.25, 0.3) is 6.08 Å². The molecule has 2 aromatic carbocycles. The molecule has 0 saturated carbocycles. The van der Waals surface area contributed by atoms with E-state index in [9.17, 15) is 9.59 Å². The molecule has 132 valence electrons. The van der Waals surface area contributed by atoms with E-state index in [0.29, 0.717) is 16.3 Å². The number of halogens is 3. The molecule has 0 aromatic heterocycles. The average molecular weight is 594 g/mol. The van der Waals surface area contributed by atoms with Crippen LogP contribution in [0.3, 0.4) is 0 Å². The van der Waals surface area contributed by atoms with Crippen molar-refractivity contribution in [2.24, 2.45) is 4.99 Å². The summed E-state index contributed by atoms with van der Waals surface area (Å²) in [6, 6.07) is 10.6. The fraction of sp³-hybridized carbons (Fsp3) is 0.0556. The van der Waals surface area contributed by atoms with Gasteiger partial charge < -0.3 is 9.47 Å². The zero-order chi connectivity index (χ0) is 18.8. The normalized spacial score (nSPS) is 15.0. The Morgan fingerprint density at radius 1 is 1.23 bits per heavy atom. The molecule has 26 heavy (non-hydrogen) atoms. The summed E-state index contributed by atoms with van der Waals surface area (Å²) in [4.78, 5) is 27.6. The molecule has 1 aliphatic heterocycles. The fourth-order valence-electron chi connectivity index (χ4n) is 2.22. The molecule has 5 nitrogen and oxygen atoms in total. The summed E-state index contributed by atoms with van der Waals surface area (Å²) in [6.07, 6.45) is 1.62. The van der Waals surface area contributed by atoms with E-state index < -0.39 is 5.97 Å². The minimum atomic E-state index is -0.547. The van der Waals surface area contributed by atoms with E-state index in [1.165, 1.54) is 6.92 Å². The maximum atomic E-state index is 12.1. The highest BCUT2D eigenvalue weighted by Crippen LogP contribution is 2.31. The molecule has 0 amide bonds. The van der Waals surface area contributed by atoms with Gasteiger partial charge in [-0.05, 0) is 81.1 Å². The summed E-state index contributed by atoms with van der Waals surface area (Å²) in [6.45, 7) is 1.35. The molecule has 8 heteroatoms. The molecule has 0 N–H and O–H groups in total. The minimum Gasteiger partial charge on any atom is -0.424 e. The van der Waals surface area contributed by atoms with E-state index >= 15 is 0 Å². The molecular formula is C18H10ClI2NO4. The van der Waals surface area contributed by atoms with Gasteiger partial charge in [-0.15, -0.1) is 0 Å². The second-order valence-electron chi connectivity index (χ2n) is 5.22. The Morgan fingerprint density at radius 2 is 1.88 bits per heavy atom. The highest BCUT2D eigenvalue weighted by molar-refractivity contribution is 14.1. The lowest BCUT2D eigenvalue weighted by Crippen LogP contribution is -2.06. The second-order valence-corrected chi connectivity index (χ2v) is 7.95. The molecule has 0 unspecified atom stereocenters. The number of hydrogen-bond acceptors (Lipinski definition) is 5. The lowest BCUT2D eigenvalue weighted by molar-refractivity contribution is -0.132. The van der Waals surface area contributed by atoms with Crippen LogP contribution in [0, 0.1) is 7.14 Å². The number of aliphatic imine (C=N–C) groups is 1. The average Bonchev–Trinajstić information content (AvgIpc) is 2.92. The number of carbonyl (C=O) groups excluding carboxylic acids is 2. The van der Waals surface area contributed by atoms with Crippen molar-refractivity contribution in [2.45, 2.75) is 6.92 Å². The third kappa shape index (κ3) is 4.26. The Bertz CT molecular complexity index is 962. The lowest BCUT2D eigenvalue weighted by Gasteiger charge is -2.08. The van der Waals surface area contributed by atoms with Crippen LogP contribution in [0.2, 0.25) is 5.02 Å². The van der Waals surface area contributed by atoms with Crippen LogP contribution in [0.5, 0.6) is 5.75 Å². The van der Waals surface area contributed by atoms with Crippen LogP contribution in [0.1, 0.15) is 18.1 Å². The van der Waals surface area contributed by atoms with Gasteiger partial charge in [0.15, 0.2) is 11.4 Å². The standard InChI is InChI=1S/C18H10ClI2NO4/c1-9(23)25-16-13(20)6-10(7-14(16)21)8-15-18(24)26-17(22-15)11-4-2-3-5-12(11)19/h2-8H,1H3/b15-8-. The first kappa shape index (κ1) is 19.3. The smallest absolute Gasteiger partial charge is 0.363 e. The Kier molecular flexibility index (Phi) is 5.98. The number of benzene rings is 2. The maximum Gasteiger partial charge on any atom is 0.363 e. The van der Waals surface area contributed by atoms with E-state index in [2.05, 4.69) is 50.2 Å². The van der Waals surface area contributed by atoms with E-state index in [4.69, 9.17) is 21.1 Å². The number of ether oxygens (including phenoxy) is 2. The van der Waals surface area contributed by atoms with E-state index in [-0.39, 0.29) is 17.6 Å². The third-order valence-corrected chi connectivity index (χ3v) is 5.23. The van der Waals surface area contributed by atoms with Gasteiger partial charge in [-0.1, -0.05) is 23.7 Å². The highest BCUT2D eigenvalue weighted by atomic mass is 127. The molecule has 0 spiro atoms. The van der Waals surface area contributed by atoms with Gasteiger partial charge in [0.25, 0.3) is 0 Å². The first-order valence-corrected chi connectivity index (χ1v) is 9.83. The monoisotopic (exact) mass is 593 g/mol. The molecule has 0 radical (unpaired) electrons. The van der Waals surface area contributed by atoms with Gasteiger partial charge >= 0.3 is 11.9 Å². The maximum absolute atomic E-state index is 12.1. The summed E-state index contributed by atoms with van der Waals surface area (Å²) >= 11 is 10.3. The van der Waals surface area contributed by atoms with E-state index in [0.717, 1.165) is 12.7 Å². The minimum absolute atomic E-state index is 0.173. The molecule has 2 aromatic rings. The third-order valence-electron chi connectivity index (χ3n) is 3.29. The number of esters is 2. The topological polar surface area (TPSA) is 65.0 Å². The Hall–Kier alpha value is -1.46. The molecule has 0 bridgehead atoms. The van der Waals surface area contributed by atoms with E-state index in [1.54, 1.807) is 42.5 Å². The predicted octanol–water partition coefficient (Wildman–Crippen LogP) is 4.82. The van der Waals surface area contributed by atoms with Crippen LogP contribution in [-0.4, -0.2) is 17.8 Å². The molecule has 0 fully saturated rings. The van der Waals surface area contributed by atoms with Crippen LogP contribution in [-0.2, 0) is 14.3 Å². The Balaban J connectivity index is 1.96. The molecule has 1 aliphatic rings. The summed E-state index contributed by atoms with van der Waals surface area (Å²) in [5, 5.41) is 0.454. The van der Waals surface area contributed by atoms with Crippen molar-refractivity contribution in [3.8, 4) is 5.75 Å². The lowest BCUT2D eigenvalue weighted by atomic mass is 10.2. The van der Waals surface area contributed by atoms with Crippen molar-refractivity contribution in [2.75, 3.05) is 0 Å². The predicted molar refractivity (Wildman–Crippen MR) is 115 cm³/mol. The molecule has 0 saturated heterocycles. The van der Waals surface area contributed by atoms with E-state index in [1.807, 2.05) is 0 Å². The van der Waals surface area contributed by atoms with Crippen LogP contribution >= 0.6 is 56.8 Å². The van der Waals surface area contributed by atoms with Crippen molar-refractivity contribution in [1.82, 2.24) is 0 Å². The fourth-order valence-corrected chi connectivity index (χ4v) is 4.47. The number of rotatable bonds is 3. The summed E-state index contributed by atoms with van der Waals surface area (Å²) in [7, 11) is 0. The molecule has 0 aliphatic carbocycles. The van der Waals surface area contributed by atoms with Crippen LogP contribution < -0.4 is 4.74 Å². The van der Waals surface area contributed by atoms with Crippen molar-refractivity contribution in [3.05, 3.63) is 65.4 Å². The Morgan fingerprint density at radius 3 is 2.50 bits per heavy atom. The number of nitrogens with zero attached hydrogens (tertiary/aromatic N) is 1. The van der Waals surface area contributed by atoms with Gasteiger partial charge in [-0.3, -0.25) is 4.79 Å². The molecule has 0 atom stereocenters. The quantitative estimate of drug-likeness (QED) is 0.222. The van der Waals surface area contributed by atoms with Gasteiger partial charge in [-0.25, -0.2) is 9.79 Å². The highest BCUT2D eigenvalue weighted by Gasteiger charge is 2.25. The first-order chi connectivity index (χ1) is 12.3. The molecule has 1 heterocycles. The number of cyclic esters (lactones) is 1. The molecular weight excluding hydrogens is 583 g/mol. The van der Waals surface area contributed by atoms with Gasteiger partial charge in [0, 0.05) is 6.92 Å². The van der Waals surface area contributed by atoms with Gasteiger partial charge in [0.05, 0.1) is 17.7 Å². The van der Waals surface area contributed by atoms with Gasteiger partial charge in [0.2, 0.25) is 5.90 Å². The van der Waals surface area contributed by atoms with Crippen LogP contribution in [0.15, 0.2) is 47.1 Å². The zero-order valence-electron chi connectivity index (χ0n) is 13.3. The summed E-state index contributed by atoms with van der Waals surface area (Å²) in [5.41, 5.74) is 1.47. The zero-order valence-corrected chi connectivity index (χ0v) is 18.3. The van der Waals surface area contributed by atoms with Crippen LogP contribution in [0.4, 0.5) is 0 Å². The van der Waals surface area contributed by atoms with Gasteiger partial charge in [-0.2, -0.15) is 0 Å². The number of hydrogen-bond donors (Lipinski definition) is 0. The first-order valence-electron chi connectivity index (χ1n) is 7.30. The molecule has 3 rings (SSSR count). The summed E-state index contributed by atoms with van der Waals surface area (Å²) < 4.78 is 11.9. The number of carbonyl (C=O) groups is 2. The SMILES string of the molecule is CC(=O)Oc1c(I)cc(/C=C2\N=C(c3ccccc3Cl)OC2=O)cc1I. The van der Waals surface area contributed by atoms with Crippen molar-refractivity contribution < 1.29 is 19.1 Å². The van der Waals surface area contributed by atoms with Gasteiger partial charge in [0.1, 0.15) is 0 Å².